The van der Waals surface area contributed by atoms with Crippen LogP contribution in [-0.4, -0.2) is 55.2 Å². The summed E-state index contributed by atoms with van der Waals surface area (Å²) in [7, 11) is 6.11. The third-order valence-electron chi connectivity index (χ3n) is 2.23. The Morgan fingerprint density at radius 2 is 1.88 bits per heavy atom. The van der Waals surface area contributed by atoms with Crippen molar-refractivity contribution in [2.75, 3.05) is 39.1 Å². The minimum Gasteiger partial charge on any atom is -0.474 e. The molecule has 1 heterocycles. The summed E-state index contributed by atoms with van der Waals surface area (Å²) in [5, 5.41) is 0. The van der Waals surface area contributed by atoms with Crippen LogP contribution >= 0.6 is 0 Å². The Balaban J connectivity index is 2.63. The lowest BCUT2D eigenvalue weighted by molar-refractivity contribution is 0.231. The Bertz CT molecular complexity index is 341. The minimum atomic E-state index is 0.117. The van der Waals surface area contributed by atoms with Gasteiger partial charge < -0.3 is 14.5 Å². The molecule has 1 aromatic heterocycles. The number of hydrogen-bond donors (Lipinski definition) is 0. The highest BCUT2D eigenvalue weighted by atomic mass is 16.5. The van der Waals surface area contributed by atoms with Crippen molar-refractivity contribution in [3.8, 4) is 5.88 Å². The van der Waals surface area contributed by atoms with Crippen molar-refractivity contribution in [3.63, 3.8) is 0 Å². The number of aromatic nitrogens is 2. The topological polar surface area (TPSA) is 41.5 Å². The maximum atomic E-state index is 5.52. The van der Waals surface area contributed by atoms with Gasteiger partial charge in [-0.05, 0) is 27.9 Å². The average Bonchev–Trinajstić information content (AvgIpc) is 2.25. The van der Waals surface area contributed by atoms with Crippen LogP contribution in [0.3, 0.4) is 0 Å². The highest BCUT2D eigenvalue weighted by Crippen LogP contribution is 2.13. The fourth-order valence-corrected chi connectivity index (χ4v) is 1.29. The van der Waals surface area contributed by atoms with E-state index in [2.05, 4.69) is 33.9 Å². The van der Waals surface area contributed by atoms with E-state index in [1.165, 1.54) is 0 Å². The molecule has 0 N–H and O–H groups in total. The van der Waals surface area contributed by atoms with Crippen LogP contribution in [0.4, 0.5) is 5.82 Å². The highest BCUT2D eigenvalue weighted by molar-refractivity contribution is 5.36. The molecule has 0 aliphatic carbocycles. The molecule has 0 aromatic carbocycles. The maximum absolute atomic E-state index is 5.52. The Hall–Kier alpha value is -1.36. The lowest BCUT2D eigenvalue weighted by atomic mass is 10.5. The van der Waals surface area contributed by atoms with Gasteiger partial charge in [0.1, 0.15) is 0 Å². The summed E-state index contributed by atoms with van der Waals surface area (Å²) < 4.78 is 5.52. The van der Waals surface area contributed by atoms with Gasteiger partial charge in [-0.3, -0.25) is 4.98 Å². The van der Waals surface area contributed by atoms with E-state index in [1.54, 1.807) is 12.4 Å². The number of hydrogen-bond acceptors (Lipinski definition) is 5. The second-order valence-corrected chi connectivity index (χ2v) is 4.61. The summed E-state index contributed by atoms with van der Waals surface area (Å²) in [5.41, 5.74) is 0. The molecule has 5 nitrogen and oxygen atoms in total. The zero-order valence-corrected chi connectivity index (χ0v) is 11.3. The quantitative estimate of drug-likeness (QED) is 0.746. The minimum absolute atomic E-state index is 0.117. The molecule has 0 saturated heterocycles. The van der Waals surface area contributed by atoms with Gasteiger partial charge in [0.25, 0.3) is 0 Å². The zero-order valence-electron chi connectivity index (χ0n) is 11.3. The van der Waals surface area contributed by atoms with Crippen LogP contribution in [0.25, 0.3) is 0 Å². The third kappa shape index (κ3) is 4.99. The second-order valence-electron chi connectivity index (χ2n) is 4.61. The summed E-state index contributed by atoms with van der Waals surface area (Å²) in [4.78, 5) is 12.8. The molecule has 0 radical (unpaired) electrons. The maximum Gasteiger partial charge on any atom is 0.234 e. The van der Waals surface area contributed by atoms with Crippen molar-refractivity contribution in [2.24, 2.45) is 0 Å². The van der Waals surface area contributed by atoms with Crippen molar-refractivity contribution in [2.45, 2.75) is 20.0 Å². The second kappa shape index (κ2) is 6.39. The summed E-state index contributed by atoms with van der Waals surface area (Å²) >= 11 is 0. The van der Waals surface area contributed by atoms with E-state index in [0.717, 1.165) is 18.9 Å². The average molecular weight is 238 g/mol. The molecule has 0 fully saturated rings. The highest BCUT2D eigenvalue weighted by Gasteiger charge is 2.06. The van der Waals surface area contributed by atoms with Gasteiger partial charge in [-0.25, -0.2) is 0 Å². The Kier molecular flexibility index (Phi) is 5.15. The number of anilines is 1. The molecule has 96 valence electrons. The van der Waals surface area contributed by atoms with Crippen LogP contribution in [0.1, 0.15) is 13.8 Å². The molecule has 0 aliphatic rings. The summed E-state index contributed by atoms with van der Waals surface area (Å²) in [6.07, 6.45) is 3.51. The Labute approximate surface area is 103 Å². The molecule has 0 atom stereocenters. The van der Waals surface area contributed by atoms with Crippen LogP contribution in [0.2, 0.25) is 0 Å². The number of nitrogens with zero attached hydrogens (tertiary/aromatic N) is 4. The normalized spacial score (nSPS) is 11.0. The van der Waals surface area contributed by atoms with Gasteiger partial charge in [0.15, 0.2) is 5.82 Å². The van der Waals surface area contributed by atoms with E-state index < -0.39 is 0 Å². The van der Waals surface area contributed by atoms with E-state index in [0.29, 0.717) is 5.88 Å². The van der Waals surface area contributed by atoms with Gasteiger partial charge in [0.05, 0.1) is 18.5 Å². The van der Waals surface area contributed by atoms with Gasteiger partial charge in [-0.1, -0.05) is 0 Å². The monoisotopic (exact) mass is 238 g/mol. The third-order valence-corrected chi connectivity index (χ3v) is 2.23. The fourth-order valence-electron chi connectivity index (χ4n) is 1.29. The molecule has 5 heteroatoms. The van der Waals surface area contributed by atoms with Crippen LogP contribution in [0.15, 0.2) is 12.4 Å². The van der Waals surface area contributed by atoms with E-state index in [9.17, 15) is 0 Å². The van der Waals surface area contributed by atoms with E-state index in [-0.39, 0.29) is 6.10 Å². The molecule has 0 saturated carbocycles. The summed E-state index contributed by atoms with van der Waals surface area (Å²) in [6.45, 7) is 5.84. The lowest BCUT2D eigenvalue weighted by Gasteiger charge is -2.20. The summed E-state index contributed by atoms with van der Waals surface area (Å²) in [6, 6.07) is 0. The van der Waals surface area contributed by atoms with Crippen LogP contribution in [-0.2, 0) is 0 Å². The first-order valence-electron chi connectivity index (χ1n) is 5.83. The Morgan fingerprint density at radius 1 is 1.18 bits per heavy atom. The number of ether oxygens (including phenoxy) is 1. The molecule has 1 aromatic rings. The molecule has 17 heavy (non-hydrogen) atoms. The molecule has 1 rings (SSSR count). The first-order chi connectivity index (χ1) is 7.99. The van der Waals surface area contributed by atoms with Crippen molar-refractivity contribution >= 4 is 5.82 Å². The molecule has 0 amide bonds. The first kappa shape index (κ1) is 13.7. The molecule has 0 bridgehead atoms. The van der Waals surface area contributed by atoms with Gasteiger partial charge in [0, 0.05) is 20.1 Å². The van der Waals surface area contributed by atoms with Crippen molar-refractivity contribution in [3.05, 3.63) is 12.4 Å². The summed E-state index contributed by atoms with van der Waals surface area (Å²) in [5.74, 6) is 1.42. The van der Waals surface area contributed by atoms with E-state index in [4.69, 9.17) is 4.74 Å². The number of likely N-dealkylation sites (N-methyl/N-ethyl adjacent to an activating group) is 2. The van der Waals surface area contributed by atoms with Crippen molar-refractivity contribution < 1.29 is 4.74 Å². The van der Waals surface area contributed by atoms with Gasteiger partial charge in [-0.15, -0.1) is 0 Å². The molecule has 0 spiro atoms. The van der Waals surface area contributed by atoms with E-state index >= 15 is 0 Å². The predicted octanol–water partition coefficient (Wildman–Crippen LogP) is 1.26. The van der Waals surface area contributed by atoms with E-state index in [1.807, 2.05) is 20.9 Å². The van der Waals surface area contributed by atoms with Crippen molar-refractivity contribution in [1.29, 1.82) is 0 Å². The largest absolute Gasteiger partial charge is 0.474 e. The van der Waals surface area contributed by atoms with Gasteiger partial charge in [-0.2, -0.15) is 4.98 Å². The van der Waals surface area contributed by atoms with Crippen LogP contribution < -0.4 is 9.64 Å². The molecular formula is C12H22N4O. The first-order valence-corrected chi connectivity index (χ1v) is 5.83. The van der Waals surface area contributed by atoms with Crippen LogP contribution in [0.5, 0.6) is 5.88 Å². The van der Waals surface area contributed by atoms with Crippen molar-refractivity contribution in [1.82, 2.24) is 14.9 Å². The van der Waals surface area contributed by atoms with Crippen LogP contribution in [0, 0.1) is 0 Å². The molecule has 0 aliphatic heterocycles. The SMILES string of the molecule is CC(C)Oc1cncc(N(C)CCN(C)C)n1. The fraction of sp³-hybridized carbons (Fsp3) is 0.667. The Morgan fingerprint density at radius 3 is 2.47 bits per heavy atom. The molecule has 0 unspecified atom stereocenters. The smallest absolute Gasteiger partial charge is 0.234 e. The van der Waals surface area contributed by atoms with Gasteiger partial charge >= 0.3 is 0 Å². The van der Waals surface area contributed by atoms with Gasteiger partial charge in [0.2, 0.25) is 5.88 Å². The molecular weight excluding hydrogens is 216 g/mol. The standard InChI is InChI=1S/C12H22N4O/c1-10(2)17-12-9-13-8-11(14-12)16(5)7-6-15(3)4/h8-10H,6-7H2,1-5H3. The number of rotatable bonds is 6. The zero-order chi connectivity index (χ0) is 12.8. The predicted molar refractivity (Wildman–Crippen MR) is 69.6 cm³/mol. The lowest BCUT2D eigenvalue weighted by Crippen LogP contribution is -2.29.